The zero-order valence-electron chi connectivity index (χ0n) is 10.6. The Labute approximate surface area is 126 Å². The fraction of sp³-hybridized carbons (Fsp3) is 0.500. The summed E-state index contributed by atoms with van der Waals surface area (Å²) < 4.78 is 0. The molecule has 5 heteroatoms. The van der Waals surface area contributed by atoms with E-state index in [9.17, 15) is 9.90 Å². The number of carbonyl (C=O) groups excluding carboxylic acids is 1. The van der Waals surface area contributed by atoms with Gasteiger partial charge in [-0.3, -0.25) is 4.79 Å². The molecule has 0 radical (unpaired) electrons. The summed E-state index contributed by atoms with van der Waals surface area (Å²) in [5.41, 5.74) is 0.396. The molecular weight excluding hydrogens is 330 g/mol. The molecule has 1 unspecified atom stereocenters. The molecule has 104 valence electrons. The molecule has 19 heavy (non-hydrogen) atoms. The summed E-state index contributed by atoms with van der Waals surface area (Å²) in [5, 5.41) is 10.9. The Balaban J connectivity index is 2.16. The van der Waals surface area contributed by atoms with Crippen molar-refractivity contribution in [2.75, 3.05) is 11.9 Å². The van der Waals surface area contributed by atoms with Crippen LogP contribution in [-0.2, 0) is 0 Å². The van der Waals surface area contributed by atoms with E-state index in [-0.39, 0.29) is 11.7 Å². The molecule has 0 saturated carbocycles. The van der Waals surface area contributed by atoms with Crippen LogP contribution in [0.3, 0.4) is 0 Å². The number of phenols is 1. The molecule has 0 aromatic heterocycles. The zero-order valence-corrected chi connectivity index (χ0v) is 13.0. The summed E-state index contributed by atoms with van der Waals surface area (Å²) in [6.45, 7) is 0.776. The number of amides is 1. The Morgan fingerprint density at radius 1 is 1.53 bits per heavy atom. The number of phenolic OH excluding ortho intramolecular Hbond substituents is 1. The Hall–Kier alpha value is -0.740. The summed E-state index contributed by atoms with van der Waals surface area (Å²) in [6.07, 6.45) is 4.15. The van der Waals surface area contributed by atoms with Crippen LogP contribution in [0.25, 0.3) is 0 Å². The molecule has 1 saturated heterocycles. The average molecular weight is 347 g/mol. The molecule has 1 fully saturated rings. The number of likely N-dealkylation sites (tertiary alicyclic amines) is 1. The molecule has 1 N–H and O–H groups in total. The highest BCUT2D eigenvalue weighted by atomic mass is 79.9. The Morgan fingerprint density at radius 3 is 3.05 bits per heavy atom. The third kappa shape index (κ3) is 3.42. The van der Waals surface area contributed by atoms with Gasteiger partial charge in [0, 0.05) is 17.9 Å². The number of benzene rings is 1. The lowest BCUT2D eigenvalue weighted by atomic mass is 10.1. The van der Waals surface area contributed by atoms with Crippen LogP contribution in [0.5, 0.6) is 5.75 Å². The van der Waals surface area contributed by atoms with E-state index < -0.39 is 0 Å². The van der Waals surface area contributed by atoms with Crippen LogP contribution in [-0.4, -0.2) is 33.8 Å². The molecule has 1 aliphatic heterocycles. The lowest BCUT2D eigenvalue weighted by Crippen LogP contribution is -2.35. The predicted octanol–water partition coefficient (Wildman–Crippen LogP) is 3.83. The third-order valence-electron chi connectivity index (χ3n) is 3.49. The Kier molecular flexibility index (Phi) is 5.11. The maximum atomic E-state index is 12.5. The van der Waals surface area contributed by atoms with Crippen LogP contribution < -0.4 is 0 Å². The number of aromatic hydroxyl groups is 1. The normalized spacial score (nSPS) is 18.8. The maximum absolute atomic E-state index is 12.5. The van der Waals surface area contributed by atoms with Gasteiger partial charge in [0.2, 0.25) is 0 Å². The number of carbonyl (C=O) groups is 1. The molecule has 1 heterocycles. The van der Waals surface area contributed by atoms with Gasteiger partial charge in [-0.1, -0.05) is 27.5 Å². The van der Waals surface area contributed by atoms with E-state index in [4.69, 9.17) is 11.6 Å². The largest absolute Gasteiger partial charge is 0.508 e. The van der Waals surface area contributed by atoms with Gasteiger partial charge < -0.3 is 10.0 Å². The smallest absolute Gasteiger partial charge is 0.255 e. The van der Waals surface area contributed by atoms with Crippen molar-refractivity contribution in [2.45, 2.75) is 31.7 Å². The molecule has 3 nitrogen and oxygen atoms in total. The summed E-state index contributed by atoms with van der Waals surface area (Å²) in [7, 11) is 0. The molecule has 0 spiro atoms. The Bertz CT molecular complexity index is 467. The van der Waals surface area contributed by atoms with E-state index in [0.717, 1.165) is 37.6 Å². The Morgan fingerprint density at radius 2 is 2.32 bits per heavy atom. The van der Waals surface area contributed by atoms with Crippen LogP contribution in [0.2, 0.25) is 5.02 Å². The van der Waals surface area contributed by atoms with Crippen LogP contribution in [0.1, 0.15) is 36.0 Å². The van der Waals surface area contributed by atoms with Crippen molar-refractivity contribution >= 4 is 33.4 Å². The number of hydrogen-bond acceptors (Lipinski definition) is 2. The molecular formula is C14H17BrClNO2. The second-order valence-electron chi connectivity index (χ2n) is 4.79. The topological polar surface area (TPSA) is 40.5 Å². The highest BCUT2D eigenvalue weighted by Crippen LogP contribution is 2.28. The fourth-order valence-corrected chi connectivity index (χ4v) is 3.07. The second kappa shape index (κ2) is 6.62. The SMILES string of the molecule is O=C(c1cc(O)ccc1Cl)N1CCCC1CCCBr. The number of nitrogens with zero attached hydrogens (tertiary/aromatic N) is 1. The van der Waals surface area contributed by atoms with Crippen LogP contribution in [0, 0.1) is 0 Å². The fourth-order valence-electron chi connectivity index (χ4n) is 2.55. The van der Waals surface area contributed by atoms with Crippen molar-refractivity contribution in [2.24, 2.45) is 0 Å². The number of rotatable bonds is 4. The van der Waals surface area contributed by atoms with Crippen LogP contribution >= 0.6 is 27.5 Å². The first-order valence-corrected chi connectivity index (χ1v) is 7.99. The minimum absolute atomic E-state index is 0.0713. The van der Waals surface area contributed by atoms with Gasteiger partial charge in [-0.2, -0.15) is 0 Å². The average Bonchev–Trinajstić information content (AvgIpc) is 2.86. The molecule has 2 rings (SSSR count). The van der Waals surface area contributed by atoms with Gasteiger partial charge in [0.15, 0.2) is 0 Å². The number of halogens is 2. The van der Waals surface area contributed by atoms with E-state index in [2.05, 4.69) is 15.9 Å². The first-order valence-electron chi connectivity index (χ1n) is 6.49. The van der Waals surface area contributed by atoms with Crippen LogP contribution in [0.4, 0.5) is 0 Å². The van der Waals surface area contributed by atoms with E-state index >= 15 is 0 Å². The van der Waals surface area contributed by atoms with Gasteiger partial charge in [0.05, 0.1) is 10.6 Å². The van der Waals surface area contributed by atoms with E-state index in [1.165, 1.54) is 12.1 Å². The molecule has 1 aromatic rings. The van der Waals surface area contributed by atoms with Gasteiger partial charge in [-0.25, -0.2) is 0 Å². The number of alkyl halides is 1. The molecule has 0 bridgehead atoms. The quantitative estimate of drug-likeness (QED) is 0.842. The zero-order chi connectivity index (χ0) is 13.8. The molecule has 1 atom stereocenters. The highest BCUT2D eigenvalue weighted by molar-refractivity contribution is 9.09. The van der Waals surface area contributed by atoms with E-state index in [1.807, 2.05) is 4.90 Å². The maximum Gasteiger partial charge on any atom is 0.255 e. The van der Waals surface area contributed by atoms with Gasteiger partial charge in [0.1, 0.15) is 5.75 Å². The first kappa shape index (κ1) is 14.7. The molecule has 1 amide bonds. The monoisotopic (exact) mass is 345 g/mol. The van der Waals surface area contributed by atoms with Crippen molar-refractivity contribution < 1.29 is 9.90 Å². The van der Waals surface area contributed by atoms with Crippen molar-refractivity contribution in [3.8, 4) is 5.75 Å². The van der Waals surface area contributed by atoms with E-state index in [0.29, 0.717) is 16.6 Å². The van der Waals surface area contributed by atoms with E-state index in [1.54, 1.807) is 6.07 Å². The summed E-state index contributed by atoms with van der Waals surface area (Å²) in [6, 6.07) is 4.80. The molecule has 0 aliphatic carbocycles. The van der Waals surface area contributed by atoms with Crippen LogP contribution in [0.15, 0.2) is 18.2 Å². The standard InChI is InChI=1S/C14H17BrClNO2/c15-7-1-3-10-4-2-8-17(10)14(19)12-9-11(18)5-6-13(12)16/h5-6,9-10,18H,1-4,7-8H2. The lowest BCUT2D eigenvalue weighted by Gasteiger charge is -2.25. The summed E-state index contributed by atoms with van der Waals surface area (Å²) in [4.78, 5) is 14.4. The minimum Gasteiger partial charge on any atom is -0.508 e. The summed E-state index contributed by atoms with van der Waals surface area (Å²) >= 11 is 9.48. The minimum atomic E-state index is -0.0713. The predicted molar refractivity (Wildman–Crippen MR) is 80.2 cm³/mol. The third-order valence-corrected chi connectivity index (χ3v) is 4.38. The van der Waals surface area contributed by atoms with Crippen molar-refractivity contribution in [1.82, 2.24) is 4.90 Å². The van der Waals surface area contributed by atoms with Gasteiger partial charge in [-0.05, 0) is 43.9 Å². The van der Waals surface area contributed by atoms with Crippen molar-refractivity contribution in [1.29, 1.82) is 0 Å². The highest BCUT2D eigenvalue weighted by Gasteiger charge is 2.29. The second-order valence-corrected chi connectivity index (χ2v) is 5.99. The molecule has 1 aliphatic rings. The van der Waals surface area contributed by atoms with Gasteiger partial charge in [0.25, 0.3) is 5.91 Å². The van der Waals surface area contributed by atoms with Crippen molar-refractivity contribution in [3.05, 3.63) is 28.8 Å². The summed E-state index contributed by atoms with van der Waals surface area (Å²) in [5.74, 6) is 0.00178. The number of hydrogen-bond donors (Lipinski definition) is 1. The van der Waals surface area contributed by atoms with Crippen molar-refractivity contribution in [3.63, 3.8) is 0 Å². The molecule has 1 aromatic carbocycles. The van der Waals surface area contributed by atoms with Gasteiger partial charge in [-0.15, -0.1) is 0 Å². The lowest BCUT2D eigenvalue weighted by molar-refractivity contribution is 0.0730. The van der Waals surface area contributed by atoms with Gasteiger partial charge >= 0.3 is 0 Å². The first-order chi connectivity index (χ1) is 9.13.